The first kappa shape index (κ1) is 27.5. The van der Waals surface area contributed by atoms with Gasteiger partial charge < -0.3 is 20.1 Å². The van der Waals surface area contributed by atoms with Gasteiger partial charge in [-0.05, 0) is 56.9 Å². The van der Waals surface area contributed by atoms with Gasteiger partial charge in [-0.15, -0.1) is 11.3 Å². The molecule has 0 spiro atoms. The van der Waals surface area contributed by atoms with Gasteiger partial charge in [-0.25, -0.2) is 4.58 Å². The number of amides is 1. The number of anilines is 1. The topological polar surface area (TPSA) is 75.5 Å². The number of nitrogens with one attached hydrogen (secondary N) is 1. The van der Waals surface area contributed by atoms with Gasteiger partial charge in [-0.2, -0.15) is 0 Å². The standard InChI is InChI=1S/C32H33N3O3SSi/c1-34(2)21-12-14-23-27(16-21)40(5,6)28-17-22(35(3)4)13-15-24(28)29(23)25-18-26(39-30(25)32(37)38)31(36)33-19-20-10-8-7-9-11-20/h7-18H,19H2,1-6H3,(H-,33,36,37,38). The molecule has 0 unspecified atom stereocenters. The number of carboxylic acids is 1. The molecular weight excluding hydrogens is 535 g/mol. The van der Waals surface area contributed by atoms with E-state index >= 15 is 0 Å². The third-order valence-electron chi connectivity index (χ3n) is 7.63. The molecule has 0 bridgehead atoms. The molecule has 40 heavy (non-hydrogen) atoms. The summed E-state index contributed by atoms with van der Waals surface area (Å²) in [5.41, 5.74) is 6.56. The van der Waals surface area contributed by atoms with Crippen LogP contribution in [0.5, 0.6) is 0 Å². The monoisotopic (exact) mass is 567 g/mol. The number of allylic oxidation sites excluding steroid dienone is 5. The van der Waals surface area contributed by atoms with E-state index in [0.29, 0.717) is 17.0 Å². The predicted molar refractivity (Wildman–Crippen MR) is 165 cm³/mol. The Balaban J connectivity index is 1.70. The highest BCUT2D eigenvalue weighted by molar-refractivity contribution is 7.16. The molecule has 0 saturated heterocycles. The minimum absolute atomic E-state index is 0.0616. The van der Waals surface area contributed by atoms with Gasteiger partial charge in [0.25, 0.3) is 5.91 Å². The maximum atomic E-state index is 13.2. The first-order chi connectivity index (χ1) is 19.0. The summed E-state index contributed by atoms with van der Waals surface area (Å²) in [4.78, 5) is 28.2. The molecule has 204 valence electrons. The lowest BCUT2D eigenvalue weighted by Crippen LogP contribution is -2.49. The predicted octanol–water partition coefficient (Wildman–Crippen LogP) is 3.59. The average molecular weight is 568 g/mol. The summed E-state index contributed by atoms with van der Waals surface area (Å²) in [7, 11) is 5.91. The number of benzene rings is 2. The van der Waals surface area contributed by atoms with Gasteiger partial charge in [-0.3, -0.25) is 4.79 Å². The van der Waals surface area contributed by atoms with E-state index in [9.17, 15) is 14.7 Å². The summed E-state index contributed by atoms with van der Waals surface area (Å²) in [6.45, 7) is 5.04. The number of nitrogens with zero attached hydrogens (tertiary/aromatic N) is 2. The average Bonchev–Trinajstić information content (AvgIpc) is 3.37. The van der Waals surface area contributed by atoms with Crippen molar-refractivity contribution in [3.05, 3.63) is 110 Å². The van der Waals surface area contributed by atoms with Crippen molar-refractivity contribution in [1.82, 2.24) is 5.32 Å². The number of hydrogen-bond donors (Lipinski definition) is 1. The van der Waals surface area contributed by atoms with Gasteiger partial charge in [0.1, 0.15) is 22.2 Å². The summed E-state index contributed by atoms with van der Waals surface area (Å²) in [5.74, 6) is -1.59. The number of carbonyl (C=O) groups is 2. The number of rotatable bonds is 6. The van der Waals surface area contributed by atoms with Gasteiger partial charge in [0.2, 0.25) is 0 Å². The molecule has 2 aliphatic rings. The molecule has 0 atom stereocenters. The lowest BCUT2D eigenvalue weighted by Gasteiger charge is -2.38. The molecular formula is C32H33N3O3SSi. The fraction of sp³-hybridized carbons (Fsp3) is 0.219. The van der Waals surface area contributed by atoms with Gasteiger partial charge in [0.05, 0.1) is 15.7 Å². The van der Waals surface area contributed by atoms with Crippen LogP contribution < -0.4 is 20.5 Å². The van der Waals surface area contributed by atoms with Crippen LogP contribution in [0.25, 0.3) is 5.57 Å². The molecule has 1 N–H and O–H groups in total. The van der Waals surface area contributed by atoms with Crippen molar-refractivity contribution in [3.63, 3.8) is 0 Å². The Morgan fingerprint density at radius 2 is 1.73 bits per heavy atom. The number of fused-ring (bicyclic) bond motifs is 2. The number of aromatic carboxylic acids is 1. The highest BCUT2D eigenvalue weighted by atomic mass is 32.1. The zero-order valence-electron chi connectivity index (χ0n) is 23.7. The van der Waals surface area contributed by atoms with Crippen LogP contribution in [0.4, 0.5) is 5.69 Å². The fourth-order valence-electron chi connectivity index (χ4n) is 5.38. The molecule has 6 nitrogen and oxygen atoms in total. The van der Waals surface area contributed by atoms with Crippen molar-refractivity contribution in [3.8, 4) is 0 Å². The largest absolute Gasteiger partial charge is 0.544 e. The van der Waals surface area contributed by atoms with E-state index in [4.69, 9.17) is 0 Å². The second-order valence-corrected chi connectivity index (χ2v) is 16.4. The van der Waals surface area contributed by atoms with Crippen LogP contribution >= 0.6 is 11.3 Å². The molecule has 0 fully saturated rings. The van der Waals surface area contributed by atoms with E-state index in [0.717, 1.165) is 45.0 Å². The summed E-state index contributed by atoms with van der Waals surface area (Å²) >= 11 is 0.970. The highest BCUT2D eigenvalue weighted by Gasteiger charge is 2.41. The number of carbonyl (C=O) groups excluding carboxylic acids is 2. The zero-order valence-corrected chi connectivity index (χ0v) is 25.5. The molecule has 5 rings (SSSR count). The van der Waals surface area contributed by atoms with Crippen LogP contribution in [-0.2, 0) is 6.54 Å². The van der Waals surface area contributed by atoms with Crippen molar-refractivity contribution in [1.29, 1.82) is 0 Å². The maximum absolute atomic E-state index is 13.2. The molecule has 2 heterocycles. The van der Waals surface area contributed by atoms with Crippen molar-refractivity contribution >= 4 is 53.4 Å². The summed E-state index contributed by atoms with van der Waals surface area (Å²) in [6, 6.07) is 17.8. The lowest BCUT2D eigenvalue weighted by molar-refractivity contribution is -0.462. The Kier molecular flexibility index (Phi) is 7.24. The zero-order chi connectivity index (χ0) is 28.8. The fourth-order valence-corrected chi connectivity index (χ4v) is 9.36. The summed E-state index contributed by atoms with van der Waals surface area (Å²) in [6.07, 6.45) is 6.41. The summed E-state index contributed by atoms with van der Waals surface area (Å²) in [5, 5.41) is 17.9. The molecule has 1 aromatic heterocycles. The SMILES string of the molecule is CN(C)c1ccc2c(c1)[Si](C)(C)C1=CC(=[N+](C)C)C=CC1=C2c1cc(C(=O)NCc2ccccc2)sc1C(=O)[O-]. The van der Waals surface area contributed by atoms with Crippen LogP contribution in [0, 0.1) is 0 Å². The Labute approximate surface area is 240 Å². The van der Waals surface area contributed by atoms with E-state index in [1.165, 1.54) is 10.4 Å². The van der Waals surface area contributed by atoms with Crippen molar-refractivity contribution in [2.24, 2.45) is 0 Å². The van der Waals surface area contributed by atoms with E-state index in [1.54, 1.807) is 6.07 Å². The third-order valence-corrected chi connectivity index (χ3v) is 12.3. The quantitative estimate of drug-likeness (QED) is 0.365. The van der Waals surface area contributed by atoms with E-state index in [2.05, 4.69) is 64.3 Å². The van der Waals surface area contributed by atoms with E-state index in [-0.39, 0.29) is 10.8 Å². The van der Waals surface area contributed by atoms with Gasteiger partial charge >= 0.3 is 0 Å². The van der Waals surface area contributed by atoms with Crippen LogP contribution in [0.15, 0.2) is 83.6 Å². The first-order valence-electron chi connectivity index (χ1n) is 13.2. The molecule has 2 aromatic carbocycles. The van der Waals surface area contributed by atoms with Gasteiger partial charge in [0, 0.05) is 44.0 Å². The number of hydrogen-bond acceptors (Lipinski definition) is 5. The van der Waals surface area contributed by atoms with Crippen molar-refractivity contribution < 1.29 is 19.3 Å². The second-order valence-electron chi connectivity index (χ2n) is 11.1. The molecule has 8 heteroatoms. The number of carboxylic acid groups (broad SMARTS) is 1. The van der Waals surface area contributed by atoms with Crippen molar-refractivity contribution in [2.75, 3.05) is 33.1 Å². The Morgan fingerprint density at radius 3 is 2.38 bits per heavy atom. The Bertz CT molecular complexity index is 1660. The summed E-state index contributed by atoms with van der Waals surface area (Å²) < 4.78 is 2.09. The van der Waals surface area contributed by atoms with E-state index in [1.807, 2.05) is 58.5 Å². The Morgan fingerprint density at radius 1 is 1.00 bits per heavy atom. The van der Waals surface area contributed by atoms with E-state index < -0.39 is 14.0 Å². The molecule has 0 radical (unpaired) electrons. The minimum atomic E-state index is -2.18. The van der Waals surface area contributed by atoms with Crippen LogP contribution in [0.3, 0.4) is 0 Å². The molecule has 0 saturated carbocycles. The third kappa shape index (κ3) is 4.89. The molecule has 1 aliphatic carbocycles. The lowest BCUT2D eigenvalue weighted by atomic mass is 9.89. The van der Waals surface area contributed by atoms with Crippen LogP contribution in [0.1, 0.15) is 36.0 Å². The smallest absolute Gasteiger partial charge is 0.261 e. The second kappa shape index (κ2) is 10.5. The molecule has 1 amide bonds. The van der Waals surface area contributed by atoms with Gasteiger partial charge in [-0.1, -0.05) is 49.5 Å². The highest BCUT2D eigenvalue weighted by Crippen LogP contribution is 2.44. The van der Waals surface area contributed by atoms with Crippen LogP contribution in [0.2, 0.25) is 13.1 Å². The van der Waals surface area contributed by atoms with Crippen molar-refractivity contribution in [2.45, 2.75) is 19.6 Å². The first-order valence-corrected chi connectivity index (χ1v) is 17.0. The minimum Gasteiger partial charge on any atom is -0.544 e. The maximum Gasteiger partial charge on any atom is 0.261 e. The normalized spacial score (nSPS) is 15.2. The number of thiophene rings is 1. The Hall–Kier alpha value is -4.01. The van der Waals surface area contributed by atoms with Crippen LogP contribution in [-0.4, -0.2) is 58.4 Å². The molecule has 3 aromatic rings. The van der Waals surface area contributed by atoms with Gasteiger partial charge in [0.15, 0.2) is 5.71 Å². The molecule has 1 aliphatic heterocycles.